The molecule has 8 nitrogen and oxygen atoms in total. The molecule has 3 aromatic rings. The lowest BCUT2D eigenvalue weighted by Gasteiger charge is -2.26. The highest BCUT2D eigenvalue weighted by Gasteiger charge is 2.26. The third kappa shape index (κ3) is 4.51. The molecule has 0 spiro atoms. The van der Waals surface area contributed by atoms with Crippen LogP contribution in [0.2, 0.25) is 0 Å². The maximum Gasteiger partial charge on any atom is 0.211 e. The molecule has 1 aliphatic rings. The molecule has 2 N–H and O–H groups in total. The Morgan fingerprint density at radius 1 is 1.03 bits per heavy atom. The van der Waals surface area contributed by atoms with E-state index in [0.29, 0.717) is 17.9 Å². The van der Waals surface area contributed by atoms with Crippen molar-refractivity contribution in [2.24, 2.45) is 0 Å². The first-order chi connectivity index (χ1) is 15.6. The summed E-state index contributed by atoms with van der Waals surface area (Å²) in [6, 6.07) is 10.4. The van der Waals surface area contributed by atoms with Crippen LogP contribution in [0.5, 0.6) is 23.0 Å². The van der Waals surface area contributed by atoms with Gasteiger partial charge in [0, 0.05) is 24.7 Å². The number of morpholine rings is 1. The number of rotatable bonds is 8. The number of phenolic OH excluding ortho intramolecular Hbond substituents is 2. The first-order valence-corrected chi connectivity index (χ1v) is 10.7. The molecule has 2 aromatic carbocycles. The predicted molar refractivity (Wildman–Crippen MR) is 120 cm³/mol. The van der Waals surface area contributed by atoms with Gasteiger partial charge >= 0.3 is 0 Å². The van der Waals surface area contributed by atoms with Crippen molar-refractivity contribution in [3.8, 4) is 34.3 Å². The van der Waals surface area contributed by atoms with Crippen LogP contribution in [-0.4, -0.2) is 61.7 Å². The largest absolute Gasteiger partial charge is 0.504 e. The van der Waals surface area contributed by atoms with Gasteiger partial charge in [-0.3, -0.25) is 9.69 Å². The van der Waals surface area contributed by atoms with Crippen LogP contribution in [0.3, 0.4) is 0 Å². The van der Waals surface area contributed by atoms with Crippen molar-refractivity contribution in [3.63, 3.8) is 0 Å². The Balaban J connectivity index is 1.59. The van der Waals surface area contributed by atoms with Gasteiger partial charge in [-0.15, -0.1) is 0 Å². The fourth-order valence-corrected chi connectivity index (χ4v) is 3.81. The van der Waals surface area contributed by atoms with E-state index in [2.05, 4.69) is 4.90 Å². The average Bonchev–Trinajstić information content (AvgIpc) is 2.82. The van der Waals surface area contributed by atoms with Gasteiger partial charge < -0.3 is 28.8 Å². The van der Waals surface area contributed by atoms with E-state index in [9.17, 15) is 15.0 Å². The summed E-state index contributed by atoms with van der Waals surface area (Å²) in [6.45, 7) is 4.62. The number of benzene rings is 2. The number of unbranched alkanes of at least 4 members (excludes halogenated alkanes) is 1. The molecule has 0 radical (unpaired) electrons. The molecule has 1 saturated heterocycles. The Hall–Kier alpha value is -3.23. The number of ether oxygens (including phenoxy) is 3. The summed E-state index contributed by atoms with van der Waals surface area (Å²) in [4.78, 5) is 15.1. The Morgan fingerprint density at radius 2 is 1.78 bits per heavy atom. The zero-order chi connectivity index (χ0) is 22.5. The van der Waals surface area contributed by atoms with E-state index >= 15 is 0 Å². The van der Waals surface area contributed by atoms with Crippen LogP contribution in [-0.2, 0) is 4.74 Å². The molecular weight excluding hydrogens is 414 g/mol. The highest BCUT2D eigenvalue weighted by molar-refractivity contribution is 5.95. The van der Waals surface area contributed by atoms with E-state index in [1.165, 1.54) is 13.2 Å². The fourth-order valence-electron chi connectivity index (χ4n) is 3.81. The Morgan fingerprint density at radius 3 is 2.50 bits per heavy atom. The van der Waals surface area contributed by atoms with Crippen LogP contribution in [0.25, 0.3) is 22.3 Å². The molecule has 8 heteroatoms. The minimum absolute atomic E-state index is 0.0254. The number of phenols is 2. The number of aromatic hydroxyl groups is 2. The summed E-state index contributed by atoms with van der Waals surface area (Å²) >= 11 is 0. The zero-order valence-electron chi connectivity index (χ0n) is 18.0. The zero-order valence-corrected chi connectivity index (χ0v) is 18.0. The fraction of sp³-hybridized carbons (Fsp3) is 0.375. The summed E-state index contributed by atoms with van der Waals surface area (Å²) in [7, 11) is 1.39. The second-order valence-corrected chi connectivity index (χ2v) is 7.61. The smallest absolute Gasteiger partial charge is 0.211 e. The Kier molecular flexibility index (Phi) is 6.82. The molecule has 1 fully saturated rings. The quantitative estimate of drug-likeness (QED) is 0.405. The lowest BCUT2D eigenvalue weighted by Crippen LogP contribution is -2.36. The van der Waals surface area contributed by atoms with Gasteiger partial charge in [-0.25, -0.2) is 0 Å². The highest BCUT2D eigenvalue weighted by Crippen LogP contribution is 2.49. The molecule has 1 aromatic heterocycles. The standard InChI is InChI=1S/C24H27NO7/c1-29-24-22-19(17(26)15-18(32-22)16-7-3-2-4-8-16)20(27)21(28)23(24)31-12-6-5-9-25-10-13-30-14-11-25/h2-4,7-8,15,27-28H,5-6,9-14H2,1H3. The summed E-state index contributed by atoms with van der Waals surface area (Å²) in [5.41, 5.74) is 0.234. The topological polar surface area (TPSA) is 102 Å². The molecule has 0 aliphatic carbocycles. The van der Waals surface area contributed by atoms with Gasteiger partial charge in [0.25, 0.3) is 0 Å². The molecule has 32 heavy (non-hydrogen) atoms. The van der Waals surface area contributed by atoms with Crippen molar-refractivity contribution in [2.45, 2.75) is 12.8 Å². The van der Waals surface area contributed by atoms with Gasteiger partial charge in [-0.2, -0.15) is 0 Å². The van der Waals surface area contributed by atoms with Crippen molar-refractivity contribution < 1.29 is 28.8 Å². The molecule has 0 amide bonds. The summed E-state index contributed by atoms with van der Waals surface area (Å²) in [6.07, 6.45) is 1.66. The summed E-state index contributed by atoms with van der Waals surface area (Å²) < 4.78 is 22.5. The van der Waals surface area contributed by atoms with E-state index in [1.54, 1.807) is 0 Å². The minimum Gasteiger partial charge on any atom is -0.504 e. The van der Waals surface area contributed by atoms with Crippen LogP contribution in [0, 0.1) is 0 Å². The van der Waals surface area contributed by atoms with Gasteiger partial charge in [0.15, 0.2) is 16.8 Å². The van der Waals surface area contributed by atoms with E-state index in [1.807, 2.05) is 30.3 Å². The number of nitrogens with zero attached hydrogens (tertiary/aromatic N) is 1. The Labute approximate surface area is 185 Å². The van der Waals surface area contributed by atoms with Crippen molar-refractivity contribution >= 4 is 11.0 Å². The van der Waals surface area contributed by atoms with Gasteiger partial charge in [0.05, 0.1) is 26.9 Å². The number of fused-ring (bicyclic) bond motifs is 1. The van der Waals surface area contributed by atoms with E-state index in [0.717, 1.165) is 45.7 Å². The van der Waals surface area contributed by atoms with Crippen LogP contribution in [0.15, 0.2) is 45.6 Å². The molecule has 0 atom stereocenters. The van der Waals surface area contributed by atoms with Gasteiger partial charge in [-0.05, 0) is 19.4 Å². The maximum absolute atomic E-state index is 12.7. The number of methoxy groups -OCH3 is 1. The summed E-state index contributed by atoms with van der Waals surface area (Å²) in [5, 5.41) is 20.9. The third-order valence-corrected chi connectivity index (χ3v) is 5.52. The first kappa shape index (κ1) is 22.0. The molecule has 4 rings (SSSR count). The molecule has 0 unspecified atom stereocenters. The second kappa shape index (κ2) is 9.93. The molecular formula is C24H27NO7. The normalized spacial score (nSPS) is 14.5. The highest BCUT2D eigenvalue weighted by atomic mass is 16.5. The van der Waals surface area contributed by atoms with Gasteiger partial charge in [-0.1, -0.05) is 30.3 Å². The molecule has 1 aliphatic heterocycles. The summed E-state index contributed by atoms with van der Waals surface area (Å²) in [5.74, 6) is -0.779. The number of hydrogen-bond donors (Lipinski definition) is 2. The van der Waals surface area contributed by atoms with Crippen molar-refractivity contribution in [3.05, 3.63) is 46.6 Å². The molecule has 0 saturated carbocycles. The minimum atomic E-state index is -0.586. The van der Waals surface area contributed by atoms with Crippen molar-refractivity contribution in [1.82, 2.24) is 4.90 Å². The van der Waals surface area contributed by atoms with Gasteiger partial charge in [0.1, 0.15) is 11.1 Å². The maximum atomic E-state index is 12.7. The second-order valence-electron chi connectivity index (χ2n) is 7.61. The van der Waals surface area contributed by atoms with E-state index < -0.39 is 16.9 Å². The third-order valence-electron chi connectivity index (χ3n) is 5.52. The lowest BCUT2D eigenvalue weighted by molar-refractivity contribution is 0.0367. The Bertz CT molecular complexity index is 1120. The number of hydrogen-bond acceptors (Lipinski definition) is 8. The molecule has 2 heterocycles. The first-order valence-electron chi connectivity index (χ1n) is 10.7. The van der Waals surface area contributed by atoms with E-state index in [-0.39, 0.29) is 22.5 Å². The van der Waals surface area contributed by atoms with Crippen LogP contribution >= 0.6 is 0 Å². The van der Waals surface area contributed by atoms with Gasteiger partial charge in [0.2, 0.25) is 17.2 Å². The average molecular weight is 441 g/mol. The SMILES string of the molecule is COc1c(OCCCCN2CCOCC2)c(O)c(O)c2c(=O)cc(-c3ccccc3)oc12. The van der Waals surface area contributed by atoms with Crippen LogP contribution in [0.1, 0.15) is 12.8 Å². The van der Waals surface area contributed by atoms with Crippen LogP contribution in [0.4, 0.5) is 0 Å². The van der Waals surface area contributed by atoms with Crippen molar-refractivity contribution in [1.29, 1.82) is 0 Å². The lowest BCUT2D eigenvalue weighted by atomic mass is 10.1. The van der Waals surface area contributed by atoms with E-state index in [4.69, 9.17) is 18.6 Å². The monoisotopic (exact) mass is 441 g/mol. The molecule has 0 bridgehead atoms. The van der Waals surface area contributed by atoms with Crippen LogP contribution < -0.4 is 14.9 Å². The van der Waals surface area contributed by atoms with Crippen molar-refractivity contribution in [2.75, 3.05) is 46.6 Å². The predicted octanol–water partition coefficient (Wildman–Crippen LogP) is 3.37. The molecule has 170 valence electrons.